The number of aryl methyl sites for hydroxylation is 1. The van der Waals surface area contributed by atoms with Gasteiger partial charge in [0, 0.05) is 56.3 Å². The molecule has 0 atom stereocenters. The molecule has 0 saturated carbocycles. The zero-order valence-corrected chi connectivity index (χ0v) is 24.3. The number of fused-ring (bicyclic) bond motifs is 3. The molecule has 180 valence electrons. The number of pyridine rings is 1. The van der Waals surface area contributed by atoms with Gasteiger partial charge in [-0.3, -0.25) is 4.90 Å². The minimum atomic E-state index is -2.63. The van der Waals surface area contributed by atoms with Crippen molar-refractivity contribution >= 4 is 10.9 Å². The first-order valence-electron chi connectivity index (χ1n) is 11.4. The standard InChI is InChI=1S/C21H22F2N3O.C7H7.U/c1-21(22,23)9-12-25-11-8-18-17(14-25)16-7-6-15(13-19(16)24(18)2)26-10-4-3-5-20(26)27;1-7-5-3-2-4-6-7;/h4-7,10,13H,8-9,11-12,14H2,1-2H3;2-6H,1H2;/q2*-1;+2. The van der Waals surface area contributed by atoms with Gasteiger partial charge in [0.05, 0.1) is 5.52 Å². The predicted octanol–water partition coefficient (Wildman–Crippen LogP) is 5.40. The second-order valence-corrected chi connectivity index (χ2v) is 8.85. The summed E-state index contributed by atoms with van der Waals surface area (Å²) < 4.78 is 30.2. The number of nitrogens with zero attached hydrogens (tertiary/aromatic N) is 3. The van der Waals surface area contributed by atoms with Crippen LogP contribution in [0.15, 0.2) is 71.7 Å². The van der Waals surface area contributed by atoms with Crippen LogP contribution in [0.2, 0.25) is 0 Å². The number of halogens is 2. The molecule has 1 aliphatic heterocycles. The van der Waals surface area contributed by atoms with E-state index in [2.05, 4.69) is 22.5 Å². The first kappa shape index (κ1) is 27.3. The predicted molar refractivity (Wildman–Crippen MR) is 132 cm³/mol. The van der Waals surface area contributed by atoms with Gasteiger partial charge < -0.3 is 13.9 Å². The number of alkyl halides is 2. The monoisotopic (exact) mass is 699 g/mol. The van der Waals surface area contributed by atoms with E-state index in [4.69, 9.17) is 0 Å². The van der Waals surface area contributed by atoms with E-state index < -0.39 is 5.92 Å². The molecule has 0 fully saturated rings. The Kier molecular flexibility index (Phi) is 9.04. The second-order valence-electron chi connectivity index (χ2n) is 8.85. The smallest absolute Gasteiger partial charge is 0.392 e. The maximum atomic E-state index is 13.2. The van der Waals surface area contributed by atoms with E-state index in [1.165, 1.54) is 17.3 Å². The first-order valence-corrected chi connectivity index (χ1v) is 11.4. The van der Waals surface area contributed by atoms with E-state index in [9.17, 15) is 13.6 Å². The van der Waals surface area contributed by atoms with Crippen LogP contribution in [0.4, 0.5) is 8.78 Å². The Hall–Kier alpha value is -2.33. The molecule has 0 amide bonds. The molecular formula is C28H29F2N3OU. The van der Waals surface area contributed by atoms with E-state index in [1.54, 1.807) is 16.8 Å². The Bertz CT molecular complexity index is 1330. The molecular weight excluding hydrogens is 670 g/mol. The van der Waals surface area contributed by atoms with Crippen LogP contribution in [0.25, 0.3) is 16.6 Å². The average molecular weight is 700 g/mol. The van der Waals surface area contributed by atoms with Gasteiger partial charge in [0.15, 0.2) is 0 Å². The molecule has 2 aromatic carbocycles. The van der Waals surface area contributed by atoms with Crippen molar-refractivity contribution in [1.29, 1.82) is 0 Å². The average Bonchev–Trinajstić information content (AvgIpc) is 3.09. The van der Waals surface area contributed by atoms with Crippen LogP contribution in [0.3, 0.4) is 0 Å². The third-order valence-electron chi connectivity index (χ3n) is 6.22. The molecule has 0 radical (unpaired) electrons. The van der Waals surface area contributed by atoms with Gasteiger partial charge in [-0.15, -0.1) is 18.2 Å². The Balaban J connectivity index is 0.000000370. The van der Waals surface area contributed by atoms with Gasteiger partial charge in [0.25, 0.3) is 0 Å². The Morgan fingerprint density at radius 1 is 1.14 bits per heavy atom. The molecule has 0 saturated heterocycles. The van der Waals surface area contributed by atoms with Crippen molar-refractivity contribution in [2.24, 2.45) is 7.05 Å². The van der Waals surface area contributed by atoms with E-state index in [0.29, 0.717) is 13.1 Å². The van der Waals surface area contributed by atoms with Gasteiger partial charge in [-0.25, -0.2) is 8.78 Å². The van der Waals surface area contributed by atoms with E-state index in [1.807, 2.05) is 55.6 Å². The van der Waals surface area contributed by atoms with Crippen LogP contribution in [0.5, 0.6) is 0 Å². The van der Waals surface area contributed by atoms with Crippen molar-refractivity contribution < 1.29 is 39.9 Å². The van der Waals surface area contributed by atoms with Crippen molar-refractivity contribution in [2.45, 2.75) is 32.2 Å². The normalized spacial score (nSPS) is 13.5. The third-order valence-corrected chi connectivity index (χ3v) is 6.22. The molecule has 0 N–H and O–H groups in total. The van der Waals surface area contributed by atoms with Gasteiger partial charge in [-0.2, -0.15) is 36.8 Å². The summed E-state index contributed by atoms with van der Waals surface area (Å²) in [4.78, 5) is 14.2. The Morgan fingerprint density at radius 3 is 2.51 bits per heavy atom. The Labute approximate surface area is 228 Å². The molecule has 1 aliphatic rings. The molecule has 35 heavy (non-hydrogen) atoms. The largest absolute Gasteiger partial charge is 2.00 e. The van der Waals surface area contributed by atoms with Crippen molar-refractivity contribution in [3.63, 3.8) is 0 Å². The summed E-state index contributed by atoms with van der Waals surface area (Å²) in [5.41, 5.74) is 5.26. The Morgan fingerprint density at radius 2 is 1.89 bits per heavy atom. The van der Waals surface area contributed by atoms with Gasteiger partial charge in [0.1, 0.15) is 5.56 Å². The van der Waals surface area contributed by atoms with Crippen LogP contribution in [0, 0.1) is 44.1 Å². The van der Waals surface area contributed by atoms with Gasteiger partial charge in [-0.05, 0) is 24.6 Å². The van der Waals surface area contributed by atoms with Crippen molar-refractivity contribution in [3.8, 4) is 5.69 Å². The molecule has 0 spiro atoms. The van der Waals surface area contributed by atoms with Crippen molar-refractivity contribution in [1.82, 2.24) is 14.0 Å². The minimum absolute atomic E-state index is 0. The summed E-state index contributed by atoms with van der Waals surface area (Å²) in [7, 11) is 2.03. The fourth-order valence-electron chi connectivity index (χ4n) is 4.38. The summed E-state index contributed by atoms with van der Waals surface area (Å²) in [6.45, 7) is 6.56. The maximum absolute atomic E-state index is 13.2. The number of rotatable bonds is 4. The third kappa shape index (κ3) is 6.67. The molecule has 5 rings (SSSR count). The molecule has 0 unspecified atom stereocenters. The maximum Gasteiger partial charge on any atom is 2.00 e. The van der Waals surface area contributed by atoms with Crippen LogP contribution < -0.4 is 5.56 Å². The number of benzene rings is 2. The van der Waals surface area contributed by atoms with E-state index in [0.717, 1.165) is 42.0 Å². The molecule has 7 heteroatoms. The van der Waals surface area contributed by atoms with Crippen LogP contribution in [-0.4, -0.2) is 33.0 Å². The number of hydrogen-bond acceptors (Lipinski definition) is 2. The summed E-state index contributed by atoms with van der Waals surface area (Å²) >= 11 is 0. The van der Waals surface area contributed by atoms with E-state index in [-0.39, 0.29) is 43.1 Å². The van der Waals surface area contributed by atoms with Crippen molar-refractivity contribution in [2.75, 3.05) is 13.1 Å². The van der Waals surface area contributed by atoms with Crippen LogP contribution >= 0.6 is 0 Å². The van der Waals surface area contributed by atoms with Gasteiger partial charge >= 0.3 is 31.1 Å². The zero-order chi connectivity index (χ0) is 24.3. The summed E-state index contributed by atoms with van der Waals surface area (Å²) in [6, 6.07) is 21.8. The first-order chi connectivity index (χ1) is 16.2. The minimum Gasteiger partial charge on any atom is -0.392 e. The SMILES string of the molecule is Cn1c2c(c3ccc(-n4cc[c-]cc4=O)cc31)CN(CCC(C)(F)F)CC2.[CH2-]c1ccccc1.[U+2]. The van der Waals surface area contributed by atoms with E-state index >= 15 is 0 Å². The fraction of sp³-hybridized carbons (Fsp3) is 0.286. The van der Waals surface area contributed by atoms with Gasteiger partial charge in [0.2, 0.25) is 5.92 Å². The van der Waals surface area contributed by atoms with Gasteiger partial charge in [-0.1, -0.05) is 18.3 Å². The van der Waals surface area contributed by atoms with Crippen molar-refractivity contribution in [3.05, 3.63) is 107 Å². The molecule has 0 aliphatic carbocycles. The zero-order valence-electron chi connectivity index (χ0n) is 20.1. The summed E-state index contributed by atoms with van der Waals surface area (Å²) in [6.07, 6.45) is 2.43. The van der Waals surface area contributed by atoms with Crippen LogP contribution in [-0.2, 0) is 20.0 Å². The molecule has 4 nitrogen and oxygen atoms in total. The summed E-state index contributed by atoms with van der Waals surface area (Å²) in [5.74, 6) is -2.63. The number of hydrogen-bond donors (Lipinski definition) is 0. The topological polar surface area (TPSA) is 30.2 Å². The number of aromatic nitrogens is 2. The molecule has 0 bridgehead atoms. The molecule has 4 aromatic rings. The second kappa shape index (κ2) is 11.6. The summed E-state index contributed by atoms with van der Waals surface area (Å²) in [5, 5.41) is 1.12. The molecule has 3 heterocycles. The van der Waals surface area contributed by atoms with Crippen LogP contribution in [0.1, 0.15) is 30.2 Å². The quantitative estimate of drug-likeness (QED) is 0.268. The fourth-order valence-corrected chi connectivity index (χ4v) is 4.38. The molecule has 2 aromatic heterocycles.